The molecule has 1 aromatic carbocycles. The van der Waals surface area contributed by atoms with Crippen molar-refractivity contribution in [1.29, 1.82) is 0 Å². The SMILES string of the molecule is CCN(CC)c1ccc(N=C(N)C2CCCCC2)cc1. The summed E-state index contributed by atoms with van der Waals surface area (Å²) in [5.41, 5.74) is 8.40. The number of aliphatic imine (C=N–C) groups is 1. The van der Waals surface area contributed by atoms with Gasteiger partial charge in [0.25, 0.3) is 0 Å². The Hall–Kier alpha value is -1.51. The van der Waals surface area contributed by atoms with E-state index in [2.05, 4.69) is 48.0 Å². The van der Waals surface area contributed by atoms with Crippen LogP contribution in [0.25, 0.3) is 0 Å². The maximum absolute atomic E-state index is 6.17. The number of hydrogen-bond acceptors (Lipinski definition) is 2. The molecular formula is C17H27N3. The van der Waals surface area contributed by atoms with E-state index in [0.717, 1.165) is 24.6 Å². The zero-order chi connectivity index (χ0) is 14.4. The van der Waals surface area contributed by atoms with Crippen LogP contribution in [0.3, 0.4) is 0 Å². The van der Waals surface area contributed by atoms with Crippen LogP contribution in [0.2, 0.25) is 0 Å². The average molecular weight is 273 g/mol. The summed E-state index contributed by atoms with van der Waals surface area (Å²) in [6, 6.07) is 8.42. The molecule has 1 aliphatic rings. The Morgan fingerprint density at radius 3 is 2.25 bits per heavy atom. The van der Waals surface area contributed by atoms with Crippen molar-refractivity contribution in [2.24, 2.45) is 16.6 Å². The molecule has 0 bridgehead atoms. The van der Waals surface area contributed by atoms with E-state index in [0.29, 0.717) is 5.92 Å². The molecule has 2 N–H and O–H groups in total. The first-order chi connectivity index (χ1) is 9.74. The third-order valence-corrected chi connectivity index (χ3v) is 4.26. The van der Waals surface area contributed by atoms with E-state index in [1.807, 2.05) is 0 Å². The Morgan fingerprint density at radius 2 is 1.70 bits per heavy atom. The summed E-state index contributed by atoms with van der Waals surface area (Å²) in [6.45, 7) is 6.42. The van der Waals surface area contributed by atoms with E-state index in [9.17, 15) is 0 Å². The summed E-state index contributed by atoms with van der Waals surface area (Å²) in [4.78, 5) is 6.94. The molecule has 3 heteroatoms. The Kier molecular flexibility index (Phi) is 5.45. The maximum atomic E-state index is 6.17. The number of nitrogens with zero attached hydrogens (tertiary/aromatic N) is 2. The molecule has 0 unspecified atom stereocenters. The van der Waals surface area contributed by atoms with Gasteiger partial charge in [-0.25, -0.2) is 4.99 Å². The Balaban J connectivity index is 2.05. The summed E-state index contributed by atoms with van der Waals surface area (Å²) < 4.78 is 0. The molecule has 0 atom stereocenters. The lowest BCUT2D eigenvalue weighted by atomic mass is 9.88. The van der Waals surface area contributed by atoms with Crippen molar-refractivity contribution in [3.05, 3.63) is 24.3 Å². The quantitative estimate of drug-likeness (QED) is 0.648. The van der Waals surface area contributed by atoms with E-state index in [1.165, 1.54) is 37.8 Å². The van der Waals surface area contributed by atoms with Crippen molar-refractivity contribution in [2.45, 2.75) is 46.0 Å². The highest BCUT2D eigenvalue weighted by atomic mass is 15.1. The lowest BCUT2D eigenvalue weighted by Crippen LogP contribution is -2.25. The summed E-state index contributed by atoms with van der Waals surface area (Å²) in [5.74, 6) is 1.31. The summed E-state index contributed by atoms with van der Waals surface area (Å²) in [6.07, 6.45) is 6.34. The fourth-order valence-electron chi connectivity index (χ4n) is 2.97. The van der Waals surface area contributed by atoms with Crippen LogP contribution in [-0.2, 0) is 0 Å². The van der Waals surface area contributed by atoms with Crippen molar-refractivity contribution in [3.63, 3.8) is 0 Å². The van der Waals surface area contributed by atoms with E-state index in [1.54, 1.807) is 0 Å². The van der Waals surface area contributed by atoms with Crippen LogP contribution in [0.5, 0.6) is 0 Å². The molecule has 0 aliphatic heterocycles. The van der Waals surface area contributed by atoms with Gasteiger partial charge in [-0.1, -0.05) is 19.3 Å². The lowest BCUT2D eigenvalue weighted by Gasteiger charge is -2.22. The van der Waals surface area contributed by atoms with Crippen molar-refractivity contribution in [2.75, 3.05) is 18.0 Å². The van der Waals surface area contributed by atoms with Gasteiger partial charge in [0.1, 0.15) is 5.84 Å². The van der Waals surface area contributed by atoms with Gasteiger partial charge in [-0.2, -0.15) is 0 Å². The average Bonchev–Trinajstić information content (AvgIpc) is 2.51. The van der Waals surface area contributed by atoms with Crippen molar-refractivity contribution in [3.8, 4) is 0 Å². The molecule has 1 saturated carbocycles. The smallest absolute Gasteiger partial charge is 0.103 e. The first-order valence-electron chi connectivity index (χ1n) is 7.93. The van der Waals surface area contributed by atoms with E-state index < -0.39 is 0 Å². The standard InChI is InChI=1S/C17H27N3/c1-3-20(4-2)16-12-10-15(11-13-16)19-17(18)14-8-6-5-7-9-14/h10-14H,3-9H2,1-2H3,(H2,18,19). The second-order valence-electron chi connectivity index (χ2n) is 5.56. The van der Waals surface area contributed by atoms with Gasteiger partial charge in [0.15, 0.2) is 0 Å². The van der Waals surface area contributed by atoms with Crippen LogP contribution in [0.1, 0.15) is 46.0 Å². The van der Waals surface area contributed by atoms with Crippen LogP contribution in [0, 0.1) is 5.92 Å². The minimum Gasteiger partial charge on any atom is -0.387 e. The highest BCUT2D eigenvalue weighted by Gasteiger charge is 2.16. The van der Waals surface area contributed by atoms with E-state index >= 15 is 0 Å². The molecule has 1 aliphatic carbocycles. The number of amidine groups is 1. The van der Waals surface area contributed by atoms with Crippen LogP contribution in [0.15, 0.2) is 29.3 Å². The van der Waals surface area contributed by atoms with Crippen LogP contribution >= 0.6 is 0 Å². The molecule has 0 aromatic heterocycles. The third-order valence-electron chi connectivity index (χ3n) is 4.26. The minimum absolute atomic E-state index is 0.492. The maximum Gasteiger partial charge on any atom is 0.103 e. The van der Waals surface area contributed by atoms with Gasteiger partial charge < -0.3 is 10.6 Å². The second-order valence-corrected chi connectivity index (χ2v) is 5.56. The summed E-state index contributed by atoms with van der Waals surface area (Å²) in [5, 5.41) is 0. The fraction of sp³-hybridized carbons (Fsp3) is 0.588. The number of benzene rings is 1. The molecule has 110 valence electrons. The molecule has 1 aromatic rings. The molecule has 3 nitrogen and oxygen atoms in total. The predicted octanol–water partition coefficient (Wildman–Crippen LogP) is 4.10. The summed E-state index contributed by atoms with van der Waals surface area (Å²) >= 11 is 0. The molecule has 0 radical (unpaired) electrons. The zero-order valence-corrected chi connectivity index (χ0v) is 12.8. The highest BCUT2D eigenvalue weighted by Crippen LogP contribution is 2.26. The number of hydrogen-bond donors (Lipinski definition) is 1. The van der Waals surface area contributed by atoms with E-state index in [-0.39, 0.29) is 0 Å². The molecule has 20 heavy (non-hydrogen) atoms. The Morgan fingerprint density at radius 1 is 1.10 bits per heavy atom. The molecule has 0 heterocycles. The molecule has 1 fully saturated rings. The topological polar surface area (TPSA) is 41.6 Å². The summed E-state index contributed by atoms with van der Waals surface area (Å²) in [7, 11) is 0. The second kappa shape index (κ2) is 7.32. The molecule has 2 rings (SSSR count). The largest absolute Gasteiger partial charge is 0.387 e. The molecule has 0 saturated heterocycles. The van der Waals surface area contributed by atoms with Gasteiger partial charge in [-0.3, -0.25) is 0 Å². The van der Waals surface area contributed by atoms with Gasteiger partial charge in [0, 0.05) is 24.7 Å². The van der Waals surface area contributed by atoms with Gasteiger partial charge in [-0.05, 0) is 51.0 Å². The first kappa shape index (κ1) is 14.9. The molecule has 0 amide bonds. The number of nitrogens with two attached hydrogens (primary N) is 1. The number of anilines is 1. The minimum atomic E-state index is 0.492. The lowest BCUT2D eigenvalue weighted by molar-refractivity contribution is 0.437. The van der Waals surface area contributed by atoms with E-state index in [4.69, 9.17) is 5.73 Å². The highest BCUT2D eigenvalue weighted by molar-refractivity contribution is 5.85. The zero-order valence-electron chi connectivity index (χ0n) is 12.8. The normalized spacial score (nSPS) is 17.2. The Labute approximate surface area is 122 Å². The van der Waals surface area contributed by atoms with Crippen molar-refractivity contribution >= 4 is 17.2 Å². The predicted molar refractivity (Wildman–Crippen MR) is 87.9 cm³/mol. The number of rotatable bonds is 5. The third kappa shape index (κ3) is 3.75. The van der Waals surface area contributed by atoms with Gasteiger partial charge in [0.05, 0.1) is 5.69 Å². The van der Waals surface area contributed by atoms with Crippen molar-refractivity contribution in [1.82, 2.24) is 0 Å². The first-order valence-corrected chi connectivity index (χ1v) is 7.93. The van der Waals surface area contributed by atoms with Crippen LogP contribution < -0.4 is 10.6 Å². The van der Waals surface area contributed by atoms with Crippen molar-refractivity contribution < 1.29 is 0 Å². The van der Waals surface area contributed by atoms with Crippen LogP contribution in [0.4, 0.5) is 11.4 Å². The molecule has 0 spiro atoms. The monoisotopic (exact) mass is 273 g/mol. The molecular weight excluding hydrogens is 246 g/mol. The van der Waals surface area contributed by atoms with Crippen LogP contribution in [-0.4, -0.2) is 18.9 Å². The van der Waals surface area contributed by atoms with Gasteiger partial charge >= 0.3 is 0 Å². The Bertz CT molecular complexity index is 426. The fourth-order valence-corrected chi connectivity index (χ4v) is 2.97. The van der Waals surface area contributed by atoms with Gasteiger partial charge in [-0.15, -0.1) is 0 Å². The van der Waals surface area contributed by atoms with Gasteiger partial charge in [0.2, 0.25) is 0 Å².